The number of amides is 1. The highest BCUT2D eigenvalue weighted by molar-refractivity contribution is 7.90. The van der Waals surface area contributed by atoms with E-state index in [4.69, 9.17) is 0 Å². The van der Waals surface area contributed by atoms with Crippen LogP contribution in [0.25, 0.3) is 21.3 Å². The molecule has 7 heteroatoms. The maximum atomic E-state index is 13.3. The Balaban J connectivity index is 1.56. The van der Waals surface area contributed by atoms with Gasteiger partial charge in [-0.1, -0.05) is 19.3 Å². The molecule has 2 aromatic heterocycles. The van der Waals surface area contributed by atoms with Crippen LogP contribution >= 0.6 is 11.3 Å². The Morgan fingerprint density at radius 3 is 2.53 bits per heavy atom. The second-order valence-corrected chi connectivity index (χ2v) is 13.7. The van der Waals surface area contributed by atoms with E-state index in [2.05, 4.69) is 45.1 Å². The third-order valence-corrected chi connectivity index (χ3v) is 10.3. The molecule has 0 spiro atoms. The predicted octanol–water partition coefficient (Wildman–Crippen LogP) is 6.95. The van der Waals surface area contributed by atoms with Gasteiger partial charge in [0, 0.05) is 34.9 Å². The van der Waals surface area contributed by atoms with Gasteiger partial charge in [0.05, 0.1) is 27.2 Å². The third kappa shape index (κ3) is 5.40. The average molecular weight is 526 g/mol. The summed E-state index contributed by atoms with van der Waals surface area (Å²) in [5.74, 6) is 0.696. The summed E-state index contributed by atoms with van der Waals surface area (Å²) in [7, 11) is 0. The molecule has 0 bridgehead atoms. The lowest BCUT2D eigenvalue weighted by Crippen LogP contribution is -2.40. The number of hydrogen-bond acceptors (Lipinski definition) is 4. The number of nitrogens with zero attached hydrogens (tertiary/aromatic N) is 1. The second kappa shape index (κ2) is 10.5. The summed E-state index contributed by atoms with van der Waals surface area (Å²) in [5.41, 5.74) is 3.81. The minimum Gasteiger partial charge on any atom is -0.593 e. The lowest BCUT2D eigenvalue weighted by Gasteiger charge is -2.26. The van der Waals surface area contributed by atoms with Crippen LogP contribution in [0.2, 0.25) is 0 Å². The lowest BCUT2D eigenvalue weighted by molar-refractivity contribution is 0.0916. The Bertz CT molecular complexity index is 1230. The Hall–Kier alpha value is -1.80. The number of carbonyl (C=O) groups excluding carboxylic acids is 1. The number of fused-ring (bicyclic) bond motifs is 1. The fourth-order valence-corrected chi connectivity index (χ4v) is 7.85. The highest BCUT2D eigenvalue weighted by atomic mass is 32.2. The molecule has 0 saturated heterocycles. The van der Waals surface area contributed by atoms with Gasteiger partial charge in [-0.05, 0) is 95.4 Å². The van der Waals surface area contributed by atoms with Crippen LogP contribution in [0.1, 0.15) is 88.2 Å². The quantitative estimate of drug-likeness (QED) is 0.328. The summed E-state index contributed by atoms with van der Waals surface area (Å²) in [5, 5.41) is 6.44. The van der Waals surface area contributed by atoms with E-state index in [0.717, 1.165) is 56.9 Å². The van der Waals surface area contributed by atoms with Gasteiger partial charge in [0.25, 0.3) is 5.91 Å². The van der Waals surface area contributed by atoms with E-state index in [-0.39, 0.29) is 11.4 Å². The SMILES string of the molecule is Cc1c(C(=O)NC2CCC2)cc(-c2ccc([S+]([O-])NC(C)(C)C)c3sccc23)n1CC1CCCCC1. The molecule has 2 fully saturated rings. The zero-order valence-corrected chi connectivity index (χ0v) is 23.6. The maximum absolute atomic E-state index is 13.3. The van der Waals surface area contributed by atoms with Crippen LogP contribution in [-0.4, -0.2) is 26.6 Å². The molecule has 1 amide bonds. The van der Waals surface area contributed by atoms with Crippen molar-refractivity contribution in [1.82, 2.24) is 14.6 Å². The lowest BCUT2D eigenvalue weighted by atomic mass is 9.89. The predicted molar refractivity (Wildman–Crippen MR) is 151 cm³/mol. The third-order valence-electron chi connectivity index (χ3n) is 7.67. The molecule has 2 N–H and O–H groups in total. The Morgan fingerprint density at radius 2 is 1.86 bits per heavy atom. The number of carbonyl (C=O) groups is 1. The number of rotatable bonds is 7. The molecule has 36 heavy (non-hydrogen) atoms. The first-order valence-corrected chi connectivity index (χ1v) is 15.5. The summed E-state index contributed by atoms with van der Waals surface area (Å²) >= 11 is 0.333. The van der Waals surface area contributed by atoms with E-state index in [1.54, 1.807) is 11.3 Å². The maximum Gasteiger partial charge on any atom is 0.253 e. The number of benzene rings is 1. The van der Waals surface area contributed by atoms with E-state index in [1.807, 2.05) is 26.8 Å². The molecule has 1 atom stereocenters. The van der Waals surface area contributed by atoms with Crippen molar-refractivity contribution in [3.05, 3.63) is 40.9 Å². The summed E-state index contributed by atoms with van der Waals surface area (Å²) < 4.78 is 19.8. The van der Waals surface area contributed by atoms with Crippen LogP contribution in [0, 0.1) is 12.8 Å². The van der Waals surface area contributed by atoms with Gasteiger partial charge in [-0.15, -0.1) is 16.1 Å². The molecular formula is C29H39N3O2S2. The van der Waals surface area contributed by atoms with Gasteiger partial charge < -0.3 is 14.4 Å². The van der Waals surface area contributed by atoms with E-state index in [0.29, 0.717) is 12.0 Å². The summed E-state index contributed by atoms with van der Waals surface area (Å²) in [6.45, 7) is 9.14. The van der Waals surface area contributed by atoms with Gasteiger partial charge >= 0.3 is 0 Å². The second-order valence-electron chi connectivity index (χ2n) is 11.6. The molecule has 5 nitrogen and oxygen atoms in total. The van der Waals surface area contributed by atoms with Crippen molar-refractivity contribution in [1.29, 1.82) is 0 Å². The van der Waals surface area contributed by atoms with Crippen LogP contribution in [0.4, 0.5) is 0 Å². The van der Waals surface area contributed by atoms with Gasteiger partial charge in [-0.2, -0.15) is 0 Å². The van der Waals surface area contributed by atoms with Crippen molar-refractivity contribution in [2.45, 2.75) is 102 Å². The van der Waals surface area contributed by atoms with Crippen molar-refractivity contribution in [2.75, 3.05) is 0 Å². The number of aromatic nitrogens is 1. The molecule has 1 aromatic carbocycles. The van der Waals surface area contributed by atoms with Gasteiger partial charge in [-0.3, -0.25) is 4.79 Å². The van der Waals surface area contributed by atoms with Crippen molar-refractivity contribution in [3.8, 4) is 11.3 Å². The first kappa shape index (κ1) is 25.8. The molecule has 2 heterocycles. The van der Waals surface area contributed by atoms with Crippen LogP contribution < -0.4 is 10.0 Å². The average Bonchev–Trinajstić information content (AvgIpc) is 3.41. The molecule has 2 saturated carbocycles. The van der Waals surface area contributed by atoms with Crippen LogP contribution in [-0.2, 0) is 17.9 Å². The summed E-state index contributed by atoms with van der Waals surface area (Å²) in [6.07, 6.45) is 9.80. The fourth-order valence-electron chi connectivity index (χ4n) is 5.52. The summed E-state index contributed by atoms with van der Waals surface area (Å²) in [4.78, 5) is 14.1. The van der Waals surface area contributed by atoms with Gasteiger partial charge in [0.15, 0.2) is 4.90 Å². The first-order chi connectivity index (χ1) is 17.2. The molecule has 1 unspecified atom stereocenters. The first-order valence-electron chi connectivity index (χ1n) is 13.4. The normalized spacial score (nSPS) is 18.4. The van der Waals surface area contributed by atoms with Gasteiger partial charge in [0.1, 0.15) is 0 Å². The van der Waals surface area contributed by atoms with Crippen molar-refractivity contribution < 1.29 is 9.35 Å². The van der Waals surface area contributed by atoms with Crippen LogP contribution in [0.5, 0.6) is 0 Å². The summed E-state index contributed by atoms with van der Waals surface area (Å²) in [6, 6.07) is 8.66. The van der Waals surface area contributed by atoms with Gasteiger partial charge in [0.2, 0.25) is 0 Å². The van der Waals surface area contributed by atoms with Crippen molar-refractivity contribution in [3.63, 3.8) is 0 Å². The molecule has 5 rings (SSSR count). The van der Waals surface area contributed by atoms with E-state index >= 15 is 0 Å². The number of thiophene rings is 1. The zero-order chi connectivity index (χ0) is 25.4. The molecule has 2 aliphatic rings. The van der Waals surface area contributed by atoms with Crippen molar-refractivity contribution in [2.24, 2.45) is 5.92 Å². The van der Waals surface area contributed by atoms with Gasteiger partial charge in [-0.25, -0.2) is 0 Å². The minimum atomic E-state index is -1.30. The largest absolute Gasteiger partial charge is 0.593 e. The Labute approximate surface area is 222 Å². The highest BCUT2D eigenvalue weighted by Gasteiger charge is 2.28. The number of hydrogen-bond donors (Lipinski definition) is 2. The van der Waals surface area contributed by atoms with E-state index < -0.39 is 11.4 Å². The molecule has 2 aliphatic carbocycles. The molecule has 194 valence electrons. The fraction of sp³-hybridized carbons (Fsp3) is 0.552. The zero-order valence-electron chi connectivity index (χ0n) is 22.0. The topological polar surface area (TPSA) is 69.1 Å². The smallest absolute Gasteiger partial charge is 0.253 e. The number of nitrogens with one attached hydrogen (secondary N) is 2. The highest BCUT2D eigenvalue weighted by Crippen LogP contribution is 2.39. The standard InChI is InChI=1S/C29H39N3O2S2/c1-19-24(28(33)30-21-11-8-12-21)17-25(32(19)18-20-9-6-5-7-10-20)22-13-14-26(27-23(22)15-16-35-27)36(34)31-29(2,3)4/h13-17,20-21,31H,5-12,18H2,1-4H3,(H,30,33). The molecule has 0 radical (unpaired) electrons. The minimum absolute atomic E-state index is 0.0505. The molecule has 0 aliphatic heterocycles. The van der Waals surface area contributed by atoms with Crippen molar-refractivity contribution >= 4 is 38.7 Å². The monoisotopic (exact) mass is 525 g/mol. The van der Waals surface area contributed by atoms with Crippen LogP contribution in [0.15, 0.2) is 34.5 Å². The van der Waals surface area contributed by atoms with Crippen LogP contribution in [0.3, 0.4) is 0 Å². The van der Waals surface area contributed by atoms with E-state index in [1.165, 1.54) is 38.5 Å². The van der Waals surface area contributed by atoms with E-state index in [9.17, 15) is 9.35 Å². The molecule has 3 aromatic rings. The Kier molecular flexibility index (Phi) is 7.55. The Morgan fingerprint density at radius 1 is 1.11 bits per heavy atom. The molecular weight excluding hydrogens is 486 g/mol.